The van der Waals surface area contributed by atoms with Crippen LogP contribution in [-0.2, 0) is 4.79 Å². The SMILES string of the molecule is CCC1C=C(NC(C)C(C)(C)C)C(C(N)=O)=CN=C1NC. The Hall–Kier alpha value is -1.78. The number of carbonyl (C=O) groups is 1. The fraction of sp³-hybridized carbons (Fsp3) is 0.625. The minimum atomic E-state index is -0.467. The zero-order chi connectivity index (χ0) is 16.2. The molecule has 2 unspecified atom stereocenters. The van der Waals surface area contributed by atoms with E-state index in [0.717, 1.165) is 18.0 Å². The van der Waals surface area contributed by atoms with Crippen LogP contribution in [0.5, 0.6) is 0 Å². The lowest BCUT2D eigenvalue weighted by Gasteiger charge is -2.30. The molecule has 0 saturated heterocycles. The van der Waals surface area contributed by atoms with Crippen LogP contribution < -0.4 is 16.4 Å². The maximum atomic E-state index is 11.7. The zero-order valence-electron chi connectivity index (χ0n) is 13.9. The van der Waals surface area contributed by atoms with E-state index in [2.05, 4.69) is 50.2 Å². The van der Waals surface area contributed by atoms with E-state index in [4.69, 9.17) is 5.73 Å². The van der Waals surface area contributed by atoms with E-state index in [1.807, 2.05) is 13.1 Å². The van der Waals surface area contributed by atoms with Crippen LogP contribution in [0.2, 0.25) is 0 Å². The van der Waals surface area contributed by atoms with Crippen molar-refractivity contribution in [3.05, 3.63) is 23.5 Å². The molecule has 4 N–H and O–H groups in total. The summed E-state index contributed by atoms with van der Waals surface area (Å²) in [6, 6.07) is 0.195. The van der Waals surface area contributed by atoms with Gasteiger partial charge in [-0.05, 0) is 24.8 Å². The molecule has 2 atom stereocenters. The molecule has 1 aliphatic heterocycles. The van der Waals surface area contributed by atoms with E-state index in [-0.39, 0.29) is 17.4 Å². The summed E-state index contributed by atoms with van der Waals surface area (Å²) in [6.45, 7) is 10.7. The number of hydrogen-bond acceptors (Lipinski definition) is 4. The summed E-state index contributed by atoms with van der Waals surface area (Å²) in [5.41, 5.74) is 6.78. The smallest absolute Gasteiger partial charge is 0.252 e. The molecule has 0 aromatic heterocycles. The van der Waals surface area contributed by atoms with Crippen LogP contribution in [0.1, 0.15) is 41.0 Å². The van der Waals surface area contributed by atoms with Crippen molar-refractivity contribution >= 4 is 11.7 Å². The van der Waals surface area contributed by atoms with Gasteiger partial charge in [-0.25, -0.2) is 4.99 Å². The average Bonchev–Trinajstić information content (AvgIpc) is 2.56. The van der Waals surface area contributed by atoms with E-state index in [9.17, 15) is 4.79 Å². The molecule has 1 aliphatic rings. The molecule has 0 spiro atoms. The summed E-state index contributed by atoms with van der Waals surface area (Å²) < 4.78 is 0. The number of aliphatic imine (C=N–C) groups is 1. The van der Waals surface area contributed by atoms with Gasteiger partial charge in [-0.3, -0.25) is 4.79 Å². The van der Waals surface area contributed by atoms with Crippen molar-refractivity contribution in [3.8, 4) is 0 Å². The van der Waals surface area contributed by atoms with Crippen LogP contribution >= 0.6 is 0 Å². The van der Waals surface area contributed by atoms with Gasteiger partial charge in [0.1, 0.15) is 5.84 Å². The molecular weight excluding hydrogens is 264 g/mol. The van der Waals surface area contributed by atoms with Crippen molar-refractivity contribution in [3.63, 3.8) is 0 Å². The van der Waals surface area contributed by atoms with Gasteiger partial charge in [0.05, 0.1) is 5.57 Å². The molecule has 21 heavy (non-hydrogen) atoms. The monoisotopic (exact) mass is 292 g/mol. The number of nitrogens with zero attached hydrogens (tertiary/aromatic N) is 1. The predicted molar refractivity (Wildman–Crippen MR) is 87.7 cm³/mol. The Morgan fingerprint density at radius 1 is 1.48 bits per heavy atom. The zero-order valence-corrected chi connectivity index (χ0v) is 13.9. The Kier molecular flexibility index (Phi) is 5.58. The summed E-state index contributed by atoms with van der Waals surface area (Å²) in [6.07, 6.45) is 4.49. The minimum absolute atomic E-state index is 0.0737. The first-order valence-corrected chi connectivity index (χ1v) is 7.44. The highest BCUT2D eigenvalue weighted by Crippen LogP contribution is 2.24. The van der Waals surface area contributed by atoms with Crippen molar-refractivity contribution in [2.75, 3.05) is 7.05 Å². The summed E-state index contributed by atoms with van der Waals surface area (Å²) >= 11 is 0. The van der Waals surface area contributed by atoms with Crippen LogP contribution in [0.4, 0.5) is 0 Å². The lowest BCUT2D eigenvalue weighted by atomic mass is 9.87. The Balaban J connectivity index is 3.18. The van der Waals surface area contributed by atoms with E-state index in [1.54, 1.807) is 6.20 Å². The van der Waals surface area contributed by atoms with E-state index in [1.165, 1.54) is 0 Å². The molecule has 0 aromatic carbocycles. The lowest BCUT2D eigenvalue weighted by Crippen LogP contribution is -2.39. The van der Waals surface area contributed by atoms with Crippen LogP contribution in [0, 0.1) is 11.3 Å². The maximum Gasteiger partial charge on any atom is 0.252 e. The Labute approximate surface area is 127 Å². The molecule has 0 bridgehead atoms. The van der Waals surface area contributed by atoms with E-state index < -0.39 is 5.91 Å². The highest BCUT2D eigenvalue weighted by molar-refractivity contribution is 5.98. The number of primary amides is 1. The second-order valence-electron chi connectivity index (χ2n) is 6.50. The number of amidine groups is 1. The number of nitrogens with one attached hydrogen (secondary N) is 2. The second-order valence-corrected chi connectivity index (χ2v) is 6.50. The van der Waals surface area contributed by atoms with Crippen LogP contribution in [0.25, 0.3) is 0 Å². The Bertz CT molecular complexity index is 483. The van der Waals surface area contributed by atoms with Crippen molar-refractivity contribution in [1.82, 2.24) is 10.6 Å². The Morgan fingerprint density at radius 3 is 2.52 bits per heavy atom. The first-order valence-electron chi connectivity index (χ1n) is 7.44. The quantitative estimate of drug-likeness (QED) is 0.740. The number of nitrogens with two attached hydrogens (primary N) is 1. The van der Waals surface area contributed by atoms with Gasteiger partial charge in [0.15, 0.2) is 0 Å². The second kappa shape index (κ2) is 6.78. The molecule has 1 heterocycles. The third-order valence-corrected chi connectivity index (χ3v) is 3.97. The van der Waals surface area contributed by atoms with Gasteiger partial charge in [-0.2, -0.15) is 0 Å². The van der Waals surface area contributed by atoms with Crippen molar-refractivity contribution in [2.45, 2.75) is 47.1 Å². The lowest BCUT2D eigenvalue weighted by molar-refractivity contribution is -0.114. The molecule has 5 nitrogen and oxygen atoms in total. The summed E-state index contributed by atoms with van der Waals surface area (Å²) in [5, 5.41) is 6.52. The summed E-state index contributed by atoms with van der Waals surface area (Å²) in [4.78, 5) is 16.1. The van der Waals surface area contributed by atoms with Crippen molar-refractivity contribution in [1.29, 1.82) is 0 Å². The minimum Gasteiger partial charge on any atom is -0.382 e. The third kappa shape index (κ3) is 4.34. The van der Waals surface area contributed by atoms with Gasteiger partial charge in [-0.1, -0.05) is 27.7 Å². The Morgan fingerprint density at radius 2 is 2.10 bits per heavy atom. The highest BCUT2D eigenvalue weighted by Gasteiger charge is 2.25. The van der Waals surface area contributed by atoms with Crippen LogP contribution in [-0.4, -0.2) is 24.8 Å². The molecule has 0 radical (unpaired) electrons. The highest BCUT2D eigenvalue weighted by atomic mass is 16.1. The molecule has 0 fully saturated rings. The molecular formula is C16H28N4O. The third-order valence-electron chi connectivity index (χ3n) is 3.97. The molecule has 0 aromatic rings. The van der Waals surface area contributed by atoms with E-state index in [0.29, 0.717) is 5.57 Å². The molecule has 1 amide bonds. The molecule has 1 rings (SSSR count). The topological polar surface area (TPSA) is 79.5 Å². The van der Waals surface area contributed by atoms with Crippen molar-refractivity contribution < 1.29 is 4.79 Å². The van der Waals surface area contributed by atoms with Crippen LogP contribution in [0.15, 0.2) is 28.5 Å². The molecule has 0 saturated carbocycles. The van der Waals surface area contributed by atoms with E-state index >= 15 is 0 Å². The van der Waals surface area contributed by atoms with Gasteiger partial charge in [0, 0.05) is 30.9 Å². The van der Waals surface area contributed by atoms with Gasteiger partial charge >= 0.3 is 0 Å². The number of amides is 1. The standard InChI is InChI=1S/C16H28N4O/c1-7-11-8-13(20-10(2)16(3,4)5)12(14(17)21)9-19-15(11)18-6/h8-11,20H,7H2,1-6H3,(H2,17,21)(H,18,19). The van der Waals surface area contributed by atoms with Gasteiger partial charge in [0.2, 0.25) is 0 Å². The normalized spacial score (nSPS) is 20.7. The largest absolute Gasteiger partial charge is 0.382 e. The maximum absolute atomic E-state index is 11.7. The van der Waals surface area contributed by atoms with Crippen molar-refractivity contribution in [2.24, 2.45) is 22.1 Å². The van der Waals surface area contributed by atoms with Gasteiger partial charge in [0.25, 0.3) is 5.91 Å². The van der Waals surface area contributed by atoms with Crippen LogP contribution in [0.3, 0.4) is 0 Å². The first kappa shape index (κ1) is 17.3. The molecule has 118 valence electrons. The molecule has 0 aliphatic carbocycles. The number of hydrogen-bond donors (Lipinski definition) is 3. The predicted octanol–water partition coefficient (Wildman–Crippen LogP) is 1.92. The fourth-order valence-corrected chi connectivity index (χ4v) is 2.00. The summed E-state index contributed by atoms with van der Waals surface area (Å²) in [7, 11) is 1.84. The summed E-state index contributed by atoms with van der Waals surface area (Å²) in [5.74, 6) is 0.514. The van der Waals surface area contributed by atoms with Gasteiger partial charge < -0.3 is 16.4 Å². The number of carbonyl (C=O) groups excluding carboxylic acids is 1. The number of rotatable bonds is 4. The molecule has 5 heteroatoms. The first-order chi connectivity index (χ1) is 9.70. The fourth-order valence-electron chi connectivity index (χ4n) is 2.00. The van der Waals surface area contributed by atoms with Gasteiger partial charge in [-0.15, -0.1) is 0 Å². The average molecular weight is 292 g/mol.